The summed E-state index contributed by atoms with van der Waals surface area (Å²) in [6.45, 7) is 8.76. The maximum Gasteiger partial charge on any atom is 0.0593 e. The van der Waals surface area contributed by atoms with Crippen molar-refractivity contribution in [1.29, 1.82) is 0 Å². The molecule has 90 valence electrons. The molecule has 1 atom stereocenters. The second kappa shape index (κ2) is 6.74. The van der Waals surface area contributed by atoms with Gasteiger partial charge in [-0.15, -0.1) is 0 Å². The number of hydrogen-bond acceptors (Lipinski definition) is 4. The topological polar surface area (TPSA) is 38.5 Å². The summed E-state index contributed by atoms with van der Waals surface area (Å²) in [6.07, 6.45) is 1.23. The highest BCUT2D eigenvalue weighted by Gasteiger charge is 2.37. The van der Waals surface area contributed by atoms with Crippen molar-refractivity contribution in [3.63, 3.8) is 0 Å². The average molecular weight is 232 g/mol. The molecule has 0 aliphatic carbocycles. The Bertz CT molecular complexity index is 172. The maximum atomic E-state index is 5.95. The van der Waals surface area contributed by atoms with E-state index in [1.807, 2.05) is 18.7 Å². The molecule has 1 rings (SSSR count). The summed E-state index contributed by atoms with van der Waals surface area (Å²) in [4.78, 5) is 2.50. The third kappa shape index (κ3) is 3.34. The Labute approximate surface area is 97.7 Å². The fourth-order valence-corrected chi connectivity index (χ4v) is 3.68. The third-order valence-electron chi connectivity index (χ3n) is 3.22. The normalized spacial score (nSPS) is 26.4. The lowest BCUT2D eigenvalue weighted by Crippen LogP contribution is -2.55. The first kappa shape index (κ1) is 13.3. The lowest BCUT2D eigenvalue weighted by Gasteiger charge is -2.39. The minimum absolute atomic E-state index is 0.247. The van der Waals surface area contributed by atoms with Crippen molar-refractivity contribution in [1.82, 2.24) is 4.90 Å². The molecular weight excluding hydrogens is 208 g/mol. The Morgan fingerprint density at radius 2 is 2.27 bits per heavy atom. The molecule has 0 amide bonds. The molecule has 0 saturated carbocycles. The molecule has 0 radical (unpaired) electrons. The fourth-order valence-electron chi connectivity index (χ4n) is 2.19. The van der Waals surface area contributed by atoms with Crippen molar-refractivity contribution in [2.45, 2.75) is 25.8 Å². The lowest BCUT2D eigenvalue weighted by atomic mass is 9.96. The van der Waals surface area contributed by atoms with Gasteiger partial charge in [0, 0.05) is 31.0 Å². The lowest BCUT2D eigenvalue weighted by molar-refractivity contribution is 0.0644. The van der Waals surface area contributed by atoms with Crippen LogP contribution >= 0.6 is 11.8 Å². The second-order valence-corrected chi connectivity index (χ2v) is 5.11. The molecule has 0 aromatic heterocycles. The van der Waals surface area contributed by atoms with E-state index in [0.29, 0.717) is 0 Å². The molecule has 1 unspecified atom stereocenters. The van der Waals surface area contributed by atoms with Crippen LogP contribution in [0, 0.1) is 0 Å². The maximum absolute atomic E-state index is 5.95. The molecule has 3 nitrogen and oxygen atoms in total. The van der Waals surface area contributed by atoms with Gasteiger partial charge in [-0.2, -0.15) is 11.8 Å². The number of nitrogens with two attached hydrogens (primary N) is 1. The average Bonchev–Trinajstić information content (AvgIpc) is 2.74. The minimum Gasteiger partial charge on any atom is -0.380 e. The van der Waals surface area contributed by atoms with E-state index in [2.05, 4.69) is 11.8 Å². The summed E-state index contributed by atoms with van der Waals surface area (Å²) in [5, 5.41) is 0. The summed E-state index contributed by atoms with van der Waals surface area (Å²) in [5.74, 6) is 2.44. The van der Waals surface area contributed by atoms with E-state index in [9.17, 15) is 0 Å². The summed E-state index contributed by atoms with van der Waals surface area (Å²) in [6, 6.07) is 0. The molecule has 1 heterocycles. The van der Waals surface area contributed by atoms with E-state index in [-0.39, 0.29) is 5.54 Å². The highest BCUT2D eigenvalue weighted by Crippen LogP contribution is 2.32. The van der Waals surface area contributed by atoms with Crippen molar-refractivity contribution < 1.29 is 4.74 Å². The summed E-state index contributed by atoms with van der Waals surface area (Å²) in [7, 11) is 0. The number of nitrogens with zero attached hydrogens (tertiary/aromatic N) is 1. The monoisotopic (exact) mass is 232 g/mol. The zero-order chi connectivity index (χ0) is 11.1. The first-order valence-corrected chi connectivity index (χ1v) is 7.05. The smallest absolute Gasteiger partial charge is 0.0593 e. The molecule has 1 aliphatic rings. The van der Waals surface area contributed by atoms with Gasteiger partial charge in [-0.3, -0.25) is 4.90 Å². The van der Waals surface area contributed by atoms with Gasteiger partial charge in [-0.25, -0.2) is 0 Å². The zero-order valence-electron chi connectivity index (χ0n) is 10.00. The first-order chi connectivity index (χ1) is 7.29. The van der Waals surface area contributed by atoms with Crippen molar-refractivity contribution in [3.05, 3.63) is 0 Å². The molecule has 0 aromatic rings. The van der Waals surface area contributed by atoms with Gasteiger partial charge in [-0.05, 0) is 25.6 Å². The van der Waals surface area contributed by atoms with E-state index in [0.717, 1.165) is 32.8 Å². The predicted molar refractivity (Wildman–Crippen MR) is 67.5 cm³/mol. The SMILES string of the molecule is CCOCCN(CC)C1(CN)CCSC1. The van der Waals surface area contributed by atoms with Crippen LogP contribution in [0.1, 0.15) is 20.3 Å². The predicted octanol–water partition coefficient (Wildman–Crippen LogP) is 1.18. The van der Waals surface area contributed by atoms with E-state index in [4.69, 9.17) is 10.5 Å². The molecule has 1 fully saturated rings. The quantitative estimate of drug-likeness (QED) is 0.669. The van der Waals surface area contributed by atoms with Crippen LogP contribution in [0.3, 0.4) is 0 Å². The van der Waals surface area contributed by atoms with Gasteiger partial charge in [0.15, 0.2) is 0 Å². The van der Waals surface area contributed by atoms with Gasteiger partial charge in [0.1, 0.15) is 0 Å². The molecule has 15 heavy (non-hydrogen) atoms. The summed E-state index contributed by atoms with van der Waals surface area (Å²) in [5.41, 5.74) is 6.20. The molecule has 0 bridgehead atoms. The largest absolute Gasteiger partial charge is 0.380 e. The van der Waals surface area contributed by atoms with E-state index in [1.54, 1.807) is 0 Å². The van der Waals surface area contributed by atoms with Crippen LogP contribution in [-0.2, 0) is 4.74 Å². The number of thioether (sulfide) groups is 1. The Morgan fingerprint density at radius 1 is 1.47 bits per heavy atom. The third-order valence-corrected chi connectivity index (χ3v) is 4.46. The highest BCUT2D eigenvalue weighted by atomic mass is 32.2. The van der Waals surface area contributed by atoms with Crippen LogP contribution in [0.15, 0.2) is 0 Å². The summed E-state index contributed by atoms with van der Waals surface area (Å²) < 4.78 is 5.43. The Morgan fingerprint density at radius 3 is 2.73 bits per heavy atom. The van der Waals surface area contributed by atoms with Crippen LogP contribution in [0.25, 0.3) is 0 Å². The minimum atomic E-state index is 0.247. The van der Waals surface area contributed by atoms with Gasteiger partial charge in [0.25, 0.3) is 0 Å². The van der Waals surface area contributed by atoms with Crippen LogP contribution in [0.5, 0.6) is 0 Å². The highest BCUT2D eigenvalue weighted by molar-refractivity contribution is 7.99. The zero-order valence-corrected chi connectivity index (χ0v) is 10.8. The molecule has 1 saturated heterocycles. The van der Waals surface area contributed by atoms with E-state index < -0.39 is 0 Å². The molecule has 0 spiro atoms. The molecular formula is C11H24N2OS. The van der Waals surface area contributed by atoms with Crippen LogP contribution in [0.2, 0.25) is 0 Å². The molecule has 1 aliphatic heterocycles. The Balaban J connectivity index is 2.46. The fraction of sp³-hybridized carbons (Fsp3) is 1.00. The van der Waals surface area contributed by atoms with Crippen molar-refractivity contribution in [3.8, 4) is 0 Å². The van der Waals surface area contributed by atoms with Crippen LogP contribution in [0.4, 0.5) is 0 Å². The number of rotatable bonds is 7. The van der Waals surface area contributed by atoms with Crippen molar-refractivity contribution in [2.24, 2.45) is 5.73 Å². The van der Waals surface area contributed by atoms with Gasteiger partial charge < -0.3 is 10.5 Å². The van der Waals surface area contributed by atoms with Gasteiger partial charge in [0.2, 0.25) is 0 Å². The van der Waals surface area contributed by atoms with Gasteiger partial charge in [-0.1, -0.05) is 6.92 Å². The van der Waals surface area contributed by atoms with Crippen molar-refractivity contribution in [2.75, 3.05) is 44.4 Å². The van der Waals surface area contributed by atoms with Gasteiger partial charge in [0.05, 0.1) is 6.61 Å². The Hall–Kier alpha value is 0.230. The standard InChI is InChI=1S/C11H24N2OS/c1-3-13(6-7-14-4-2)11(9-12)5-8-15-10-11/h3-10,12H2,1-2H3. The number of likely N-dealkylation sites (N-methyl/N-ethyl adjacent to an activating group) is 1. The first-order valence-electron chi connectivity index (χ1n) is 5.89. The van der Waals surface area contributed by atoms with E-state index >= 15 is 0 Å². The van der Waals surface area contributed by atoms with Crippen molar-refractivity contribution >= 4 is 11.8 Å². The molecule has 0 aromatic carbocycles. The molecule has 2 N–H and O–H groups in total. The Kier molecular flexibility index (Phi) is 5.97. The van der Waals surface area contributed by atoms with Crippen LogP contribution in [-0.4, -0.2) is 54.8 Å². The van der Waals surface area contributed by atoms with Gasteiger partial charge >= 0.3 is 0 Å². The second-order valence-electron chi connectivity index (χ2n) is 4.01. The summed E-state index contributed by atoms with van der Waals surface area (Å²) >= 11 is 2.03. The van der Waals surface area contributed by atoms with Crippen LogP contribution < -0.4 is 5.73 Å². The number of ether oxygens (including phenoxy) is 1. The van der Waals surface area contributed by atoms with E-state index in [1.165, 1.54) is 17.9 Å². The molecule has 4 heteroatoms. The number of hydrogen-bond donors (Lipinski definition) is 1.